The summed E-state index contributed by atoms with van der Waals surface area (Å²) in [5.41, 5.74) is 1.46. The molecule has 5 nitrogen and oxygen atoms in total. The Morgan fingerprint density at radius 2 is 1.85 bits per heavy atom. The predicted molar refractivity (Wildman–Crippen MR) is 109 cm³/mol. The topological polar surface area (TPSA) is 59.0 Å². The van der Waals surface area contributed by atoms with Crippen molar-refractivity contribution in [1.29, 1.82) is 0 Å². The van der Waals surface area contributed by atoms with Crippen LogP contribution in [0.1, 0.15) is 18.0 Å². The predicted octanol–water partition coefficient (Wildman–Crippen LogP) is 4.55. The Kier molecular flexibility index (Phi) is 6.87. The van der Waals surface area contributed by atoms with Gasteiger partial charge >= 0.3 is 0 Å². The van der Waals surface area contributed by atoms with E-state index in [0.29, 0.717) is 22.3 Å². The zero-order valence-corrected chi connectivity index (χ0v) is 16.1. The standard InChI is InChI=1S/C20H20Cl2N4O/c21-16-11-17(22)13-18(12-16)25-20(27)19(15-5-2-1-3-6-15)24-7-4-9-26-10-8-23-14-26/h1-3,5-6,8,10-14,19,24H,4,7,9H2,(H,25,27)/t19-/m1/s1. The van der Waals surface area contributed by atoms with Gasteiger partial charge in [-0.2, -0.15) is 0 Å². The lowest BCUT2D eigenvalue weighted by molar-refractivity contribution is -0.118. The van der Waals surface area contributed by atoms with Gasteiger partial charge in [0.2, 0.25) is 5.91 Å². The molecule has 1 aromatic heterocycles. The van der Waals surface area contributed by atoms with Gasteiger partial charge in [0.15, 0.2) is 0 Å². The van der Waals surface area contributed by atoms with Crippen molar-refractivity contribution in [2.24, 2.45) is 0 Å². The number of imidazole rings is 1. The molecule has 0 aliphatic heterocycles. The lowest BCUT2D eigenvalue weighted by atomic mass is 10.1. The number of aryl methyl sites for hydroxylation is 1. The highest BCUT2D eigenvalue weighted by molar-refractivity contribution is 6.35. The molecule has 0 fully saturated rings. The van der Waals surface area contributed by atoms with E-state index in [1.165, 1.54) is 0 Å². The van der Waals surface area contributed by atoms with Crippen LogP contribution in [0.15, 0.2) is 67.3 Å². The van der Waals surface area contributed by atoms with E-state index in [2.05, 4.69) is 15.6 Å². The van der Waals surface area contributed by atoms with Gasteiger partial charge in [-0.3, -0.25) is 4.79 Å². The highest BCUT2D eigenvalue weighted by Gasteiger charge is 2.20. The van der Waals surface area contributed by atoms with Crippen LogP contribution < -0.4 is 10.6 Å². The molecule has 1 heterocycles. The second-order valence-electron chi connectivity index (χ2n) is 6.10. The van der Waals surface area contributed by atoms with E-state index < -0.39 is 6.04 Å². The number of nitrogens with one attached hydrogen (secondary N) is 2. The summed E-state index contributed by atoms with van der Waals surface area (Å²) in [4.78, 5) is 16.9. The van der Waals surface area contributed by atoms with Gasteiger partial charge in [-0.15, -0.1) is 0 Å². The molecule has 2 N–H and O–H groups in total. The number of amides is 1. The number of anilines is 1. The molecule has 0 aliphatic carbocycles. The molecule has 2 aromatic carbocycles. The van der Waals surface area contributed by atoms with Gasteiger partial charge in [0.1, 0.15) is 6.04 Å². The Balaban J connectivity index is 1.66. The molecule has 0 spiro atoms. The van der Waals surface area contributed by atoms with Crippen molar-refractivity contribution in [3.8, 4) is 0 Å². The fourth-order valence-corrected chi connectivity index (χ4v) is 3.30. The molecule has 140 valence electrons. The van der Waals surface area contributed by atoms with Gasteiger partial charge in [0.25, 0.3) is 0 Å². The molecule has 1 amide bonds. The van der Waals surface area contributed by atoms with Crippen LogP contribution in [0.3, 0.4) is 0 Å². The Labute approximate surface area is 168 Å². The van der Waals surface area contributed by atoms with Gasteiger partial charge in [0.05, 0.1) is 6.33 Å². The molecular formula is C20H20Cl2N4O. The maximum absolute atomic E-state index is 12.9. The first kappa shape index (κ1) is 19.4. The Morgan fingerprint density at radius 1 is 1.11 bits per heavy atom. The summed E-state index contributed by atoms with van der Waals surface area (Å²) in [7, 11) is 0. The number of halogens is 2. The normalized spacial score (nSPS) is 11.9. The highest BCUT2D eigenvalue weighted by Crippen LogP contribution is 2.24. The minimum Gasteiger partial charge on any atom is -0.337 e. The summed E-state index contributed by atoms with van der Waals surface area (Å²) in [6.07, 6.45) is 6.33. The average molecular weight is 403 g/mol. The van der Waals surface area contributed by atoms with Crippen LogP contribution in [-0.2, 0) is 11.3 Å². The summed E-state index contributed by atoms with van der Waals surface area (Å²) >= 11 is 12.0. The van der Waals surface area contributed by atoms with Gasteiger partial charge in [-0.1, -0.05) is 53.5 Å². The van der Waals surface area contributed by atoms with Crippen molar-refractivity contribution < 1.29 is 4.79 Å². The largest absolute Gasteiger partial charge is 0.337 e. The first-order chi connectivity index (χ1) is 13.1. The molecule has 7 heteroatoms. The van der Waals surface area contributed by atoms with E-state index in [4.69, 9.17) is 23.2 Å². The number of rotatable bonds is 8. The van der Waals surface area contributed by atoms with Crippen molar-refractivity contribution in [3.63, 3.8) is 0 Å². The third-order valence-corrected chi connectivity index (χ3v) is 4.46. The van der Waals surface area contributed by atoms with Crippen molar-refractivity contribution >= 4 is 34.8 Å². The third kappa shape index (κ3) is 5.82. The van der Waals surface area contributed by atoms with E-state index in [-0.39, 0.29) is 5.91 Å². The van der Waals surface area contributed by atoms with E-state index in [9.17, 15) is 4.79 Å². The van der Waals surface area contributed by atoms with Crippen molar-refractivity contribution in [1.82, 2.24) is 14.9 Å². The van der Waals surface area contributed by atoms with Crippen molar-refractivity contribution in [3.05, 3.63) is 82.9 Å². The third-order valence-electron chi connectivity index (χ3n) is 4.03. The van der Waals surface area contributed by atoms with Crippen LogP contribution in [0.2, 0.25) is 10.0 Å². The molecule has 0 unspecified atom stereocenters. The van der Waals surface area contributed by atoms with Gasteiger partial charge in [0, 0.05) is 34.7 Å². The number of hydrogen-bond donors (Lipinski definition) is 2. The van der Waals surface area contributed by atoms with Gasteiger partial charge < -0.3 is 15.2 Å². The van der Waals surface area contributed by atoms with Crippen LogP contribution in [0.5, 0.6) is 0 Å². The Bertz CT molecular complexity index is 849. The molecule has 0 radical (unpaired) electrons. The van der Waals surface area contributed by atoms with Crippen molar-refractivity contribution in [2.45, 2.75) is 19.0 Å². The second kappa shape index (κ2) is 9.55. The molecule has 1 atom stereocenters. The fraction of sp³-hybridized carbons (Fsp3) is 0.200. The van der Waals surface area contributed by atoms with Crippen LogP contribution in [0.4, 0.5) is 5.69 Å². The minimum atomic E-state index is -0.480. The molecule has 27 heavy (non-hydrogen) atoms. The minimum absolute atomic E-state index is 0.165. The summed E-state index contributed by atoms with van der Waals surface area (Å²) in [5.74, 6) is -0.165. The number of nitrogens with zero attached hydrogens (tertiary/aromatic N) is 2. The number of aromatic nitrogens is 2. The lowest BCUT2D eigenvalue weighted by Gasteiger charge is -2.19. The molecular weight excluding hydrogens is 383 g/mol. The summed E-state index contributed by atoms with van der Waals surface area (Å²) in [6, 6.07) is 14.1. The fourth-order valence-electron chi connectivity index (χ4n) is 2.77. The summed E-state index contributed by atoms with van der Waals surface area (Å²) in [6.45, 7) is 1.52. The molecule has 0 aliphatic rings. The number of benzene rings is 2. The average Bonchev–Trinajstić information content (AvgIpc) is 3.15. The quantitative estimate of drug-likeness (QED) is 0.543. The van der Waals surface area contributed by atoms with Crippen LogP contribution in [0, 0.1) is 0 Å². The number of hydrogen-bond acceptors (Lipinski definition) is 3. The van der Waals surface area contributed by atoms with E-state index in [1.54, 1.807) is 30.7 Å². The van der Waals surface area contributed by atoms with Gasteiger partial charge in [-0.25, -0.2) is 4.98 Å². The van der Waals surface area contributed by atoms with Crippen LogP contribution in [-0.4, -0.2) is 22.0 Å². The van der Waals surface area contributed by atoms with E-state index >= 15 is 0 Å². The monoisotopic (exact) mass is 402 g/mol. The lowest BCUT2D eigenvalue weighted by Crippen LogP contribution is -2.34. The zero-order chi connectivity index (χ0) is 19.1. The number of carbonyl (C=O) groups is 1. The van der Waals surface area contributed by atoms with Crippen molar-refractivity contribution in [2.75, 3.05) is 11.9 Å². The maximum Gasteiger partial charge on any atom is 0.246 e. The molecule has 0 saturated carbocycles. The van der Waals surface area contributed by atoms with Crippen LogP contribution in [0.25, 0.3) is 0 Å². The molecule has 3 rings (SSSR count). The highest BCUT2D eigenvalue weighted by atomic mass is 35.5. The zero-order valence-electron chi connectivity index (χ0n) is 14.6. The summed E-state index contributed by atoms with van der Waals surface area (Å²) < 4.78 is 2.01. The smallest absolute Gasteiger partial charge is 0.246 e. The van der Waals surface area contributed by atoms with E-state index in [0.717, 1.165) is 18.5 Å². The first-order valence-corrected chi connectivity index (χ1v) is 9.38. The maximum atomic E-state index is 12.9. The molecule has 3 aromatic rings. The number of carbonyl (C=O) groups excluding carboxylic acids is 1. The van der Waals surface area contributed by atoms with E-state index in [1.807, 2.05) is 41.1 Å². The molecule has 0 bridgehead atoms. The first-order valence-electron chi connectivity index (χ1n) is 8.63. The Morgan fingerprint density at radius 3 is 2.52 bits per heavy atom. The van der Waals surface area contributed by atoms with Crippen LogP contribution >= 0.6 is 23.2 Å². The van der Waals surface area contributed by atoms with Gasteiger partial charge in [-0.05, 0) is 36.7 Å². The second-order valence-corrected chi connectivity index (χ2v) is 6.97. The SMILES string of the molecule is O=C(Nc1cc(Cl)cc(Cl)c1)[C@H](NCCCn1ccnc1)c1ccccc1. The Hall–Kier alpha value is -2.34. The molecule has 0 saturated heterocycles. The summed E-state index contributed by atoms with van der Waals surface area (Å²) in [5, 5.41) is 7.18.